The molecule has 2 aliphatic rings. The van der Waals surface area contributed by atoms with Gasteiger partial charge in [-0.05, 0) is 31.1 Å². The van der Waals surface area contributed by atoms with E-state index in [2.05, 4.69) is 21.2 Å². The van der Waals surface area contributed by atoms with E-state index in [1.54, 1.807) is 7.05 Å². The van der Waals surface area contributed by atoms with Crippen molar-refractivity contribution in [2.24, 2.45) is 11.8 Å². The van der Waals surface area contributed by atoms with Crippen molar-refractivity contribution >= 4 is 27.6 Å². The summed E-state index contributed by atoms with van der Waals surface area (Å²) in [5.74, 6) is 1.39. The number of hydrogen-bond donors (Lipinski definition) is 1. The lowest BCUT2D eigenvalue weighted by molar-refractivity contribution is -0.126. The van der Waals surface area contributed by atoms with Gasteiger partial charge in [0.25, 0.3) is 0 Å². The van der Waals surface area contributed by atoms with Gasteiger partial charge in [-0.3, -0.25) is 9.59 Å². The van der Waals surface area contributed by atoms with E-state index in [0.717, 1.165) is 41.2 Å². The molecule has 1 fully saturated rings. The number of amides is 1. The molecule has 1 unspecified atom stereocenters. The van der Waals surface area contributed by atoms with Crippen LogP contribution in [-0.2, 0) is 9.59 Å². The van der Waals surface area contributed by atoms with Crippen molar-refractivity contribution in [3.05, 3.63) is 10.1 Å². The van der Waals surface area contributed by atoms with Crippen LogP contribution < -0.4 is 5.32 Å². The molecule has 0 aromatic carbocycles. The molecule has 0 aromatic heterocycles. The standard InChI is InChI=1S/C14H20BrNO2/c1-16-14(18)8-13(17)11-6-5-10(7-12(11)15)9-3-2-4-9/h9-10H,2-8H2,1H3,(H,16,18). The minimum Gasteiger partial charge on any atom is -0.359 e. The quantitative estimate of drug-likeness (QED) is 0.811. The van der Waals surface area contributed by atoms with Gasteiger partial charge in [-0.1, -0.05) is 35.2 Å². The Morgan fingerprint density at radius 2 is 2.00 bits per heavy atom. The second-order valence-electron chi connectivity index (χ2n) is 5.35. The Kier molecular flexibility index (Phi) is 4.60. The van der Waals surface area contributed by atoms with Crippen molar-refractivity contribution in [2.75, 3.05) is 7.05 Å². The van der Waals surface area contributed by atoms with Crippen molar-refractivity contribution < 1.29 is 9.59 Å². The summed E-state index contributed by atoms with van der Waals surface area (Å²) in [6.45, 7) is 0. The molecule has 100 valence electrons. The number of Topliss-reactive ketones (excluding diaryl/α,β-unsaturated/α-hetero) is 1. The van der Waals surface area contributed by atoms with Gasteiger partial charge in [0.05, 0.1) is 6.42 Å². The first-order valence-electron chi connectivity index (χ1n) is 6.73. The van der Waals surface area contributed by atoms with Crippen molar-refractivity contribution in [1.82, 2.24) is 5.32 Å². The monoisotopic (exact) mass is 313 g/mol. The van der Waals surface area contributed by atoms with Crippen LogP contribution in [0.2, 0.25) is 0 Å². The zero-order chi connectivity index (χ0) is 13.1. The largest absolute Gasteiger partial charge is 0.359 e. The average Bonchev–Trinajstić information content (AvgIpc) is 2.26. The number of nitrogens with one attached hydrogen (secondary N) is 1. The van der Waals surface area contributed by atoms with Gasteiger partial charge in [0.2, 0.25) is 5.91 Å². The summed E-state index contributed by atoms with van der Waals surface area (Å²) < 4.78 is 1.04. The number of halogens is 1. The minimum absolute atomic E-state index is 0.0188. The van der Waals surface area contributed by atoms with E-state index >= 15 is 0 Å². The van der Waals surface area contributed by atoms with Crippen molar-refractivity contribution in [3.63, 3.8) is 0 Å². The Bertz CT molecular complexity index is 385. The van der Waals surface area contributed by atoms with E-state index in [4.69, 9.17) is 0 Å². The van der Waals surface area contributed by atoms with Crippen LogP contribution in [0.4, 0.5) is 0 Å². The van der Waals surface area contributed by atoms with Crippen LogP contribution in [0.15, 0.2) is 10.1 Å². The van der Waals surface area contributed by atoms with Crippen LogP contribution in [0, 0.1) is 11.8 Å². The summed E-state index contributed by atoms with van der Waals surface area (Å²) in [6, 6.07) is 0. The highest BCUT2D eigenvalue weighted by atomic mass is 79.9. The van der Waals surface area contributed by atoms with Crippen LogP contribution in [0.25, 0.3) is 0 Å². The SMILES string of the molecule is CNC(=O)CC(=O)C1=C(Br)CC(C2CCC2)CC1. The molecule has 1 saturated carbocycles. The molecule has 0 aromatic rings. The molecule has 0 radical (unpaired) electrons. The van der Waals surface area contributed by atoms with E-state index < -0.39 is 0 Å². The molecule has 1 atom stereocenters. The fourth-order valence-corrected chi connectivity index (χ4v) is 3.70. The van der Waals surface area contributed by atoms with E-state index in [-0.39, 0.29) is 18.1 Å². The molecule has 2 aliphatic carbocycles. The molecule has 18 heavy (non-hydrogen) atoms. The number of allylic oxidation sites excluding steroid dienone is 2. The van der Waals surface area contributed by atoms with Crippen LogP contribution in [0.5, 0.6) is 0 Å². The molecule has 1 N–H and O–H groups in total. The topological polar surface area (TPSA) is 46.2 Å². The van der Waals surface area contributed by atoms with E-state index in [9.17, 15) is 9.59 Å². The fourth-order valence-electron chi connectivity index (χ4n) is 2.87. The highest BCUT2D eigenvalue weighted by Gasteiger charge is 2.32. The summed E-state index contributed by atoms with van der Waals surface area (Å²) in [5.41, 5.74) is 0.842. The number of hydrogen-bond acceptors (Lipinski definition) is 2. The molecule has 0 aliphatic heterocycles. The Morgan fingerprint density at radius 3 is 2.50 bits per heavy atom. The molecule has 0 bridgehead atoms. The number of carbonyl (C=O) groups is 2. The summed E-state index contributed by atoms with van der Waals surface area (Å²) >= 11 is 3.56. The molecule has 4 heteroatoms. The maximum Gasteiger partial charge on any atom is 0.227 e. The Morgan fingerprint density at radius 1 is 1.28 bits per heavy atom. The van der Waals surface area contributed by atoms with E-state index in [1.165, 1.54) is 19.3 Å². The van der Waals surface area contributed by atoms with Gasteiger partial charge >= 0.3 is 0 Å². The van der Waals surface area contributed by atoms with Gasteiger partial charge in [0.15, 0.2) is 5.78 Å². The van der Waals surface area contributed by atoms with Gasteiger partial charge in [-0.2, -0.15) is 0 Å². The van der Waals surface area contributed by atoms with Gasteiger partial charge in [-0.25, -0.2) is 0 Å². The average molecular weight is 314 g/mol. The number of ketones is 1. The Labute approximate surface area is 117 Å². The van der Waals surface area contributed by atoms with Crippen LogP contribution in [0.1, 0.15) is 44.9 Å². The summed E-state index contributed by atoms with van der Waals surface area (Å²) in [7, 11) is 1.56. The van der Waals surface area contributed by atoms with Gasteiger partial charge in [-0.15, -0.1) is 0 Å². The summed E-state index contributed by atoms with van der Waals surface area (Å²) in [5, 5.41) is 2.50. The van der Waals surface area contributed by atoms with Gasteiger partial charge < -0.3 is 5.32 Å². The lowest BCUT2D eigenvalue weighted by Gasteiger charge is -2.36. The van der Waals surface area contributed by atoms with Crippen LogP contribution in [0.3, 0.4) is 0 Å². The van der Waals surface area contributed by atoms with Gasteiger partial charge in [0.1, 0.15) is 0 Å². The van der Waals surface area contributed by atoms with E-state index in [0.29, 0.717) is 0 Å². The fraction of sp³-hybridized carbons (Fsp3) is 0.714. The predicted octanol–water partition coefficient (Wildman–Crippen LogP) is 2.94. The molecule has 0 heterocycles. The molecule has 1 amide bonds. The molecular weight excluding hydrogens is 294 g/mol. The normalized spacial score (nSPS) is 24.7. The lowest BCUT2D eigenvalue weighted by atomic mass is 9.70. The van der Waals surface area contributed by atoms with Crippen LogP contribution in [-0.4, -0.2) is 18.7 Å². The van der Waals surface area contributed by atoms with Crippen LogP contribution >= 0.6 is 15.9 Å². The molecule has 2 rings (SSSR count). The second kappa shape index (κ2) is 6.00. The van der Waals surface area contributed by atoms with Gasteiger partial charge in [0, 0.05) is 17.1 Å². The highest BCUT2D eigenvalue weighted by Crippen LogP contribution is 2.44. The minimum atomic E-state index is -0.200. The smallest absolute Gasteiger partial charge is 0.227 e. The zero-order valence-electron chi connectivity index (χ0n) is 10.8. The number of rotatable bonds is 4. The van der Waals surface area contributed by atoms with Crippen molar-refractivity contribution in [1.29, 1.82) is 0 Å². The Hall–Kier alpha value is -0.640. The third-order valence-corrected chi connectivity index (χ3v) is 5.09. The van der Waals surface area contributed by atoms with E-state index in [1.807, 2.05) is 0 Å². The first kappa shape index (κ1) is 13.8. The Balaban J connectivity index is 1.96. The third-order valence-electron chi connectivity index (χ3n) is 4.29. The lowest BCUT2D eigenvalue weighted by Crippen LogP contribution is -2.27. The molecular formula is C14H20BrNO2. The summed E-state index contributed by atoms with van der Waals surface area (Å²) in [6.07, 6.45) is 6.98. The predicted molar refractivity (Wildman–Crippen MR) is 74.3 cm³/mol. The first-order chi connectivity index (χ1) is 8.61. The maximum absolute atomic E-state index is 12.0. The first-order valence-corrected chi connectivity index (χ1v) is 7.52. The second-order valence-corrected chi connectivity index (χ2v) is 6.31. The summed E-state index contributed by atoms with van der Waals surface area (Å²) in [4.78, 5) is 23.2. The van der Waals surface area contributed by atoms with Crippen molar-refractivity contribution in [2.45, 2.75) is 44.9 Å². The molecule has 0 saturated heterocycles. The zero-order valence-corrected chi connectivity index (χ0v) is 12.4. The maximum atomic E-state index is 12.0. The highest BCUT2D eigenvalue weighted by molar-refractivity contribution is 9.11. The molecule has 0 spiro atoms. The molecule has 3 nitrogen and oxygen atoms in total. The third kappa shape index (κ3) is 3.02. The van der Waals surface area contributed by atoms with Crippen molar-refractivity contribution in [3.8, 4) is 0 Å². The number of carbonyl (C=O) groups excluding carboxylic acids is 2.